The fourth-order valence-electron chi connectivity index (χ4n) is 5.46. The van der Waals surface area contributed by atoms with Crippen molar-refractivity contribution in [2.24, 2.45) is 0 Å². The van der Waals surface area contributed by atoms with Gasteiger partial charge in [0, 0.05) is 31.0 Å². The van der Waals surface area contributed by atoms with E-state index in [1.54, 1.807) is 12.1 Å². The Balaban J connectivity index is 1.28. The molecule has 1 fully saturated rings. The monoisotopic (exact) mass is 552 g/mol. The van der Waals surface area contributed by atoms with Crippen LogP contribution in [-0.2, 0) is 4.79 Å². The zero-order valence-electron chi connectivity index (χ0n) is 23.9. The maximum absolute atomic E-state index is 13.0. The minimum absolute atomic E-state index is 0.0795. The lowest BCUT2D eigenvalue weighted by Gasteiger charge is -2.37. The third kappa shape index (κ3) is 8.45. The largest absolute Gasteiger partial charge is 0.494 e. The van der Waals surface area contributed by atoms with Crippen LogP contribution in [0.25, 0.3) is 0 Å². The number of aliphatic hydroxyl groups is 1. The van der Waals surface area contributed by atoms with E-state index in [9.17, 15) is 14.7 Å². The molecule has 2 aromatic rings. The smallest absolute Gasteiger partial charge is 0.220 e. The van der Waals surface area contributed by atoms with E-state index in [4.69, 9.17) is 14.2 Å². The highest BCUT2D eigenvalue weighted by Crippen LogP contribution is 2.34. The van der Waals surface area contributed by atoms with E-state index in [0.717, 1.165) is 38.0 Å². The summed E-state index contributed by atoms with van der Waals surface area (Å²) in [5.41, 5.74) is 1.39. The molecule has 2 aromatic carbocycles. The molecule has 40 heavy (non-hydrogen) atoms. The summed E-state index contributed by atoms with van der Waals surface area (Å²) < 4.78 is 16.8. The van der Waals surface area contributed by atoms with Crippen LogP contribution in [0.5, 0.6) is 17.2 Å². The topological polar surface area (TPSA) is 97.3 Å². The molecule has 4 rings (SSSR count). The number of rotatable bonds is 14. The van der Waals surface area contributed by atoms with E-state index in [1.165, 1.54) is 6.42 Å². The number of aliphatic hydroxyl groups excluding tert-OH is 1. The van der Waals surface area contributed by atoms with Gasteiger partial charge in [0.1, 0.15) is 25.1 Å². The predicted octanol–water partition coefficient (Wildman–Crippen LogP) is 5.08. The second kappa shape index (κ2) is 15.1. The zero-order valence-corrected chi connectivity index (χ0v) is 23.9. The van der Waals surface area contributed by atoms with Gasteiger partial charge in [0.25, 0.3) is 0 Å². The normalized spacial score (nSPS) is 18.5. The summed E-state index contributed by atoms with van der Waals surface area (Å²) in [6, 6.07) is 12.7. The number of ether oxygens (including phenoxy) is 3. The SMILES string of the molecule is CCOc1ccc(C(=O)CCCCCC(=O)N[C@H](CN2CCCCC2C)C(O)c2ccc3c(c2)OCCO3)cc1. The first kappa shape index (κ1) is 29.9. The van der Waals surface area contributed by atoms with Crippen LogP contribution in [0, 0.1) is 0 Å². The Hall–Kier alpha value is -3.10. The number of benzene rings is 2. The molecule has 2 aliphatic heterocycles. The van der Waals surface area contributed by atoms with Crippen LogP contribution in [-0.4, -0.2) is 66.7 Å². The third-order valence-corrected chi connectivity index (χ3v) is 7.80. The summed E-state index contributed by atoms with van der Waals surface area (Å²) in [6.45, 7) is 7.26. The number of ketones is 1. The third-order valence-electron chi connectivity index (χ3n) is 7.80. The fourth-order valence-corrected chi connectivity index (χ4v) is 5.46. The number of fused-ring (bicyclic) bond motifs is 1. The van der Waals surface area contributed by atoms with Crippen LogP contribution in [0.4, 0.5) is 0 Å². The Kier molecular flexibility index (Phi) is 11.2. The number of amides is 1. The molecule has 8 nitrogen and oxygen atoms in total. The molecule has 0 saturated carbocycles. The number of Topliss-reactive ketones (excluding diaryl/α,β-unsaturated/α-hetero) is 1. The number of nitrogens with zero attached hydrogens (tertiary/aromatic N) is 1. The maximum atomic E-state index is 13.0. The number of nitrogens with one attached hydrogen (secondary N) is 1. The van der Waals surface area contributed by atoms with Crippen LogP contribution >= 0.6 is 0 Å². The van der Waals surface area contributed by atoms with Crippen molar-refractivity contribution >= 4 is 11.7 Å². The first-order valence-electron chi connectivity index (χ1n) is 14.8. The first-order chi connectivity index (χ1) is 19.4. The highest BCUT2D eigenvalue weighted by atomic mass is 16.6. The molecule has 218 valence electrons. The highest BCUT2D eigenvalue weighted by Gasteiger charge is 2.29. The molecule has 1 saturated heterocycles. The van der Waals surface area contributed by atoms with Crippen LogP contribution in [0.3, 0.4) is 0 Å². The second-order valence-electron chi connectivity index (χ2n) is 10.8. The maximum Gasteiger partial charge on any atom is 0.220 e. The molecule has 2 N–H and O–H groups in total. The first-order valence-corrected chi connectivity index (χ1v) is 14.8. The van der Waals surface area contributed by atoms with Crippen LogP contribution in [0.15, 0.2) is 42.5 Å². The van der Waals surface area contributed by atoms with Crippen molar-refractivity contribution in [3.63, 3.8) is 0 Å². The van der Waals surface area contributed by atoms with Gasteiger partial charge in [-0.3, -0.25) is 14.5 Å². The summed E-state index contributed by atoms with van der Waals surface area (Å²) in [5.74, 6) is 2.08. The van der Waals surface area contributed by atoms with Crippen molar-refractivity contribution in [3.05, 3.63) is 53.6 Å². The van der Waals surface area contributed by atoms with E-state index in [0.29, 0.717) is 74.3 Å². The minimum Gasteiger partial charge on any atom is -0.494 e. The van der Waals surface area contributed by atoms with Gasteiger partial charge in [-0.05, 0) is 88.0 Å². The number of hydrogen-bond donors (Lipinski definition) is 2. The molecule has 0 aromatic heterocycles. The van der Waals surface area contributed by atoms with Crippen molar-refractivity contribution in [1.29, 1.82) is 0 Å². The molecule has 3 atom stereocenters. The van der Waals surface area contributed by atoms with Crippen molar-refractivity contribution in [2.75, 3.05) is 32.9 Å². The van der Waals surface area contributed by atoms with E-state index < -0.39 is 12.1 Å². The lowest BCUT2D eigenvalue weighted by atomic mass is 9.97. The fraction of sp³-hybridized carbons (Fsp3) is 0.562. The Bertz CT molecular complexity index is 1110. The van der Waals surface area contributed by atoms with E-state index >= 15 is 0 Å². The average molecular weight is 553 g/mol. The van der Waals surface area contributed by atoms with E-state index in [-0.39, 0.29) is 11.7 Å². The average Bonchev–Trinajstić information content (AvgIpc) is 2.97. The lowest BCUT2D eigenvalue weighted by molar-refractivity contribution is -0.123. The second-order valence-corrected chi connectivity index (χ2v) is 10.8. The summed E-state index contributed by atoms with van der Waals surface area (Å²) in [6.07, 6.45) is 5.60. The molecule has 0 aliphatic carbocycles. The standard InChI is InChI=1S/C32H44N2O6/c1-3-38-26-15-12-24(13-16-26)28(35)10-5-4-6-11-31(36)33-27(22-34-18-8-7-9-23(34)2)32(37)25-14-17-29-30(21-25)40-20-19-39-29/h12-17,21,23,27,32,37H,3-11,18-20,22H2,1-2H3,(H,33,36)/t23?,27-,32?/m1/s1. The van der Waals surface area contributed by atoms with Crippen molar-refractivity contribution < 1.29 is 28.9 Å². The van der Waals surface area contributed by atoms with Crippen LogP contribution in [0.2, 0.25) is 0 Å². The summed E-state index contributed by atoms with van der Waals surface area (Å²) in [4.78, 5) is 27.8. The number of carbonyl (C=O) groups excluding carboxylic acids is 2. The van der Waals surface area contributed by atoms with E-state index in [2.05, 4.69) is 17.1 Å². The molecule has 8 heteroatoms. The van der Waals surface area contributed by atoms with Gasteiger partial charge >= 0.3 is 0 Å². The number of piperidine rings is 1. The van der Waals surface area contributed by atoms with Crippen LogP contribution in [0.1, 0.15) is 87.2 Å². The highest BCUT2D eigenvalue weighted by molar-refractivity contribution is 5.96. The van der Waals surface area contributed by atoms with Gasteiger partial charge in [0.05, 0.1) is 12.6 Å². The summed E-state index contributed by atoms with van der Waals surface area (Å²) in [5, 5.41) is 14.5. The molecule has 0 spiro atoms. The molecular weight excluding hydrogens is 508 g/mol. The predicted molar refractivity (Wildman–Crippen MR) is 154 cm³/mol. The van der Waals surface area contributed by atoms with E-state index in [1.807, 2.05) is 37.3 Å². The summed E-state index contributed by atoms with van der Waals surface area (Å²) >= 11 is 0. The zero-order chi connectivity index (χ0) is 28.3. The molecule has 2 heterocycles. The Morgan fingerprint density at radius 3 is 2.52 bits per heavy atom. The number of carbonyl (C=O) groups is 2. The molecule has 0 radical (unpaired) electrons. The van der Waals surface area contributed by atoms with Gasteiger partial charge in [-0.1, -0.05) is 18.9 Å². The number of hydrogen-bond acceptors (Lipinski definition) is 7. The van der Waals surface area contributed by atoms with Gasteiger partial charge < -0.3 is 24.6 Å². The molecule has 2 unspecified atom stereocenters. The Morgan fingerprint density at radius 1 is 1.02 bits per heavy atom. The van der Waals surface area contributed by atoms with Crippen molar-refractivity contribution in [3.8, 4) is 17.2 Å². The number of likely N-dealkylation sites (tertiary alicyclic amines) is 1. The summed E-state index contributed by atoms with van der Waals surface area (Å²) in [7, 11) is 0. The van der Waals surface area contributed by atoms with Gasteiger partial charge in [0.15, 0.2) is 17.3 Å². The molecule has 1 amide bonds. The minimum atomic E-state index is -0.874. The van der Waals surface area contributed by atoms with Crippen LogP contribution < -0.4 is 19.5 Å². The van der Waals surface area contributed by atoms with Gasteiger partial charge in [-0.25, -0.2) is 0 Å². The van der Waals surface area contributed by atoms with Crippen molar-refractivity contribution in [2.45, 2.75) is 83.4 Å². The lowest BCUT2D eigenvalue weighted by Crippen LogP contribution is -2.50. The van der Waals surface area contributed by atoms with Gasteiger partial charge in [-0.2, -0.15) is 0 Å². The number of unbranched alkanes of at least 4 members (excludes halogenated alkanes) is 2. The van der Waals surface area contributed by atoms with Gasteiger partial charge in [-0.15, -0.1) is 0 Å². The molecule has 0 bridgehead atoms. The quantitative estimate of drug-likeness (QED) is 0.249. The Morgan fingerprint density at radius 2 is 1.77 bits per heavy atom. The Labute approximate surface area is 238 Å². The van der Waals surface area contributed by atoms with Gasteiger partial charge in [0.2, 0.25) is 5.91 Å². The molecule has 2 aliphatic rings. The van der Waals surface area contributed by atoms with Crippen molar-refractivity contribution in [1.82, 2.24) is 10.2 Å². The molecular formula is C32H44N2O6.